The number of halogens is 3. The van der Waals surface area contributed by atoms with Crippen LogP contribution in [0.2, 0.25) is 15.1 Å². The summed E-state index contributed by atoms with van der Waals surface area (Å²) in [5.41, 5.74) is 1.28. The second-order valence-corrected chi connectivity index (χ2v) is 7.56. The molecular weight excluding hydrogens is 393 g/mol. The zero-order valence-corrected chi connectivity index (χ0v) is 15.3. The Morgan fingerprint density at radius 1 is 1.00 bits per heavy atom. The molecule has 1 fully saturated rings. The van der Waals surface area contributed by atoms with Crippen LogP contribution in [0, 0.1) is 0 Å². The molecule has 1 amide bonds. The zero-order valence-electron chi connectivity index (χ0n) is 11.4. The van der Waals surface area contributed by atoms with Crippen LogP contribution in [-0.4, -0.2) is 10.2 Å². The molecule has 23 heavy (non-hydrogen) atoms. The molecule has 0 atom stereocenters. The Morgan fingerprint density at radius 3 is 2.22 bits per heavy atom. The molecule has 0 aliphatic carbocycles. The lowest BCUT2D eigenvalue weighted by molar-refractivity contribution is -0.113. The Hall–Kier alpha value is -1.04. The fraction of sp³-hybridized carbons (Fsp3) is 0. The van der Waals surface area contributed by atoms with Crippen LogP contribution in [0.25, 0.3) is 6.08 Å². The van der Waals surface area contributed by atoms with Gasteiger partial charge in [0.25, 0.3) is 5.91 Å². The van der Waals surface area contributed by atoms with Gasteiger partial charge in [0.15, 0.2) is 4.32 Å². The van der Waals surface area contributed by atoms with Crippen LogP contribution in [0.5, 0.6) is 0 Å². The monoisotopic (exact) mass is 399 g/mol. The fourth-order valence-electron chi connectivity index (χ4n) is 2.06. The lowest BCUT2D eigenvalue weighted by Gasteiger charge is -2.14. The van der Waals surface area contributed by atoms with Gasteiger partial charge in [0.05, 0.1) is 10.6 Å². The third-order valence-electron chi connectivity index (χ3n) is 3.15. The van der Waals surface area contributed by atoms with E-state index in [0.29, 0.717) is 35.5 Å². The predicted octanol–water partition coefficient (Wildman–Crippen LogP) is 6.05. The molecule has 2 aromatic rings. The summed E-state index contributed by atoms with van der Waals surface area (Å²) in [5, 5.41) is 1.56. The van der Waals surface area contributed by atoms with Crippen molar-refractivity contribution in [1.29, 1.82) is 0 Å². The maximum atomic E-state index is 12.7. The Kier molecular flexibility index (Phi) is 4.99. The number of benzene rings is 2. The summed E-state index contributed by atoms with van der Waals surface area (Å²) in [6, 6.07) is 12.1. The molecule has 0 saturated carbocycles. The number of thioether (sulfide) groups is 1. The van der Waals surface area contributed by atoms with Crippen molar-refractivity contribution in [2.45, 2.75) is 0 Å². The third-order valence-corrected chi connectivity index (χ3v) is 5.37. The minimum atomic E-state index is -0.210. The van der Waals surface area contributed by atoms with Gasteiger partial charge in [0.2, 0.25) is 0 Å². The number of hydrogen-bond donors (Lipinski definition) is 0. The van der Waals surface area contributed by atoms with Crippen LogP contribution in [0.15, 0.2) is 47.4 Å². The topological polar surface area (TPSA) is 20.3 Å². The van der Waals surface area contributed by atoms with E-state index >= 15 is 0 Å². The van der Waals surface area contributed by atoms with Gasteiger partial charge >= 0.3 is 0 Å². The summed E-state index contributed by atoms with van der Waals surface area (Å²) < 4.78 is 0.451. The molecule has 1 aliphatic rings. The highest BCUT2D eigenvalue weighted by molar-refractivity contribution is 8.27. The van der Waals surface area contributed by atoms with Crippen LogP contribution in [0.1, 0.15) is 5.56 Å². The van der Waals surface area contributed by atoms with Gasteiger partial charge in [0, 0.05) is 20.6 Å². The maximum Gasteiger partial charge on any atom is 0.270 e. The fourth-order valence-corrected chi connectivity index (χ4v) is 3.97. The molecule has 0 N–H and O–H groups in total. The first kappa shape index (κ1) is 16.8. The summed E-state index contributed by atoms with van der Waals surface area (Å²) in [6.45, 7) is 0. The zero-order chi connectivity index (χ0) is 16.6. The van der Waals surface area contributed by atoms with Crippen molar-refractivity contribution in [1.82, 2.24) is 0 Å². The van der Waals surface area contributed by atoms with E-state index in [9.17, 15) is 4.79 Å². The van der Waals surface area contributed by atoms with Crippen molar-refractivity contribution < 1.29 is 4.79 Å². The minimum Gasteiger partial charge on any atom is -0.268 e. The van der Waals surface area contributed by atoms with Gasteiger partial charge in [-0.05, 0) is 42.5 Å². The van der Waals surface area contributed by atoms with Crippen LogP contribution in [-0.2, 0) is 4.79 Å². The molecule has 0 unspecified atom stereocenters. The Balaban J connectivity index is 1.98. The van der Waals surface area contributed by atoms with Crippen LogP contribution < -0.4 is 4.90 Å². The third kappa shape index (κ3) is 3.42. The molecule has 0 spiro atoms. The number of anilines is 1. The molecule has 0 aromatic heterocycles. The average Bonchev–Trinajstić information content (AvgIpc) is 2.79. The standard InChI is InChI=1S/C16H8Cl3NOS2/c17-9-4-6-10(7-5-9)20-15(21)14(23-16(20)22)8-11-12(18)2-1-3-13(11)19/h1-8H/b14-8-. The summed E-state index contributed by atoms with van der Waals surface area (Å²) in [4.78, 5) is 14.6. The minimum absolute atomic E-state index is 0.210. The van der Waals surface area contributed by atoms with Gasteiger partial charge in [-0.2, -0.15) is 0 Å². The van der Waals surface area contributed by atoms with Crippen LogP contribution >= 0.6 is 58.8 Å². The molecule has 116 valence electrons. The van der Waals surface area contributed by atoms with Crippen LogP contribution in [0.4, 0.5) is 5.69 Å². The molecule has 0 radical (unpaired) electrons. The van der Waals surface area contributed by atoms with Crippen LogP contribution in [0.3, 0.4) is 0 Å². The van der Waals surface area contributed by atoms with Crippen molar-refractivity contribution in [3.8, 4) is 0 Å². The average molecular weight is 401 g/mol. The highest BCUT2D eigenvalue weighted by atomic mass is 35.5. The van der Waals surface area contributed by atoms with Crippen molar-refractivity contribution in [2.24, 2.45) is 0 Å². The first-order valence-corrected chi connectivity index (χ1v) is 8.81. The molecule has 2 nitrogen and oxygen atoms in total. The van der Waals surface area contributed by atoms with E-state index in [0.717, 1.165) is 0 Å². The maximum absolute atomic E-state index is 12.7. The predicted molar refractivity (Wildman–Crippen MR) is 104 cm³/mol. The second-order valence-electron chi connectivity index (χ2n) is 4.63. The van der Waals surface area contributed by atoms with Gasteiger partial charge in [0.1, 0.15) is 0 Å². The van der Waals surface area contributed by atoms with Gasteiger partial charge in [-0.1, -0.05) is 64.8 Å². The van der Waals surface area contributed by atoms with E-state index in [1.165, 1.54) is 16.7 Å². The Bertz CT molecular complexity index is 813. The van der Waals surface area contributed by atoms with Gasteiger partial charge in [-0.3, -0.25) is 9.69 Å². The number of nitrogens with zero attached hydrogens (tertiary/aromatic N) is 1. The lowest BCUT2D eigenvalue weighted by Crippen LogP contribution is -2.27. The summed E-state index contributed by atoms with van der Waals surface area (Å²) in [7, 11) is 0. The molecule has 1 heterocycles. The number of thiocarbonyl (C=S) groups is 1. The van der Waals surface area contributed by atoms with E-state index in [1.807, 2.05) is 0 Å². The van der Waals surface area contributed by atoms with Crippen molar-refractivity contribution in [3.05, 3.63) is 68.0 Å². The SMILES string of the molecule is O=C1/C(=C/c2c(Cl)cccc2Cl)SC(=S)N1c1ccc(Cl)cc1. The van der Waals surface area contributed by atoms with Gasteiger partial charge in [-0.25, -0.2) is 0 Å². The molecule has 1 saturated heterocycles. The molecular formula is C16H8Cl3NOS2. The Morgan fingerprint density at radius 2 is 1.61 bits per heavy atom. The first-order chi connectivity index (χ1) is 11.0. The smallest absolute Gasteiger partial charge is 0.268 e. The quantitative estimate of drug-likeness (QED) is 0.452. The number of carbonyl (C=O) groups excluding carboxylic acids is 1. The normalized spacial score (nSPS) is 16.5. The molecule has 7 heteroatoms. The van der Waals surface area contributed by atoms with E-state index in [1.54, 1.807) is 48.5 Å². The lowest BCUT2D eigenvalue weighted by atomic mass is 10.2. The first-order valence-electron chi connectivity index (χ1n) is 6.45. The van der Waals surface area contributed by atoms with Crippen molar-refractivity contribution >= 4 is 80.8 Å². The van der Waals surface area contributed by atoms with Crippen molar-refractivity contribution in [2.75, 3.05) is 4.90 Å². The second kappa shape index (κ2) is 6.83. The molecule has 0 bridgehead atoms. The van der Waals surface area contributed by atoms with E-state index in [4.69, 9.17) is 47.0 Å². The highest BCUT2D eigenvalue weighted by Gasteiger charge is 2.33. The van der Waals surface area contributed by atoms with E-state index < -0.39 is 0 Å². The van der Waals surface area contributed by atoms with E-state index in [-0.39, 0.29) is 5.91 Å². The number of carbonyl (C=O) groups is 1. The highest BCUT2D eigenvalue weighted by Crippen LogP contribution is 2.38. The van der Waals surface area contributed by atoms with Gasteiger partial charge < -0.3 is 0 Å². The van der Waals surface area contributed by atoms with Gasteiger partial charge in [-0.15, -0.1) is 0 Å². The van der Waals surface area contributed by atoms with E-state index in [2.05, 4.69) is 0 Å². The molecule has 3 rings (SSSR count). The number of amides is 1. The molecule has 1 aliphatic heterocycles. The summed E-state index contributed by atoms with van der Waals surface area (Å²) >= 11 is 24.7. The molecule has 2 aromatic carbocycles. The van der Waals surface area contributed by atoms with Crippen molar-refractivity contribution in [3.63, 3.8) is 0 Å². The number of rotatable bonds is 2. The number of hydrogen-bond acceptors (Lipinski definition) is 3. The summed E-state index contributed by atoms with van der Waals surface area (Å²) in [6.07, 6.45) is 1.67. The Labute approximate surface area is 158 Å². The summed E-state index contributed by atoms with van der Waals surface area (Å²) in [5.74, 6) is -0.210. The largest absolute Gasteiger partial charge is 0.270 e.